The second-order valence-electron chi connectivity index (χ2n) is 8.24. The summed E-state index contributed by atoms with van der Waals surface area (Å²) in [5.74, 6) is 2.42. The van der Waals surface area contributed by atoms with Gasteiger partial charge in [-0.3, -0.25) is 4.90 Å². The van der Waals surface area contributed by atoms with Gasteiger partial charge in [0.25, 0.3) is 0 Å². The maximum atomic E-state index is 11.6. The Morgan fingerprint density at radius 3 is 2.42 bits per heavy atom. The number of primary sulfonamides is 1. The zero-order chi connectivity index (χ0) is 21.8. The third kappa shape index (κ3) is 5.78. The molecule has 0 saturated heterocycles. The summed E-state index contributed by atoms with van der Waals surface area (Å²) in [6, 6.07) is 16.6. The minimum absolute atomic E-state index is 0.0831. The largest absolute Gasteiger partial charge is 0.296 e. The molecule has 1 aliphatic carbocycles. The molecule has 0 aliphatic heterocycles. The fraction of sp³-hybridized carbons (Fsp3) is 0.391. The Balaban J connectivity index is 1.64. The van der Waals surface area contributed by atoms with Gasteiger partial charge in [-0.25, -0.2) is 23.2 Å². The highest BCUT2D eigenvalue weighted by molar-refractivity contribution is 7.89. The van der Waals surface area contributed by atoms with Crippen LogP contribution in [0, 0.1) is 5.92 Å². The Labute approximate surface area is 184 Å². The van der Waals surface area contributed by atoms with E-state index >= 15 is 0 Å². The van der Waals surface area contributed by atoms with E-state index in [1.165, 1.54) is 25.0 Å². The molecule has 0 amide bonds. The van der Waals surface area contributed by atoms with Crippen molar-refractivity contribution in [1.82, 2.24) is 19.7 Å². The van der Waals surface area contributed by atoms with Gasteiger partial charge in [0.05, 0.1) is 17.1 Å². The summed E-state index contributed by atoms with van der Waals surface area (Å²) in [6.45, 7) is 5.04. The lowest BCUT2D eigenvalue weighted by atomic mass is 10.1. The molecule has 1 aromatic heterocycles. The Morgan fingerprint density at radius 2 is 1.81 bits per heavy atom. The molecule has 7 nitrogen and oxygen atoms in total. The number of nitrogens with zero attached hydrogens (tertiary/aromatic N) is 4. The lowest BCUT2D eigenvalue weighted by Crippen LogP contribution is -2.27. The van der Waals surface area contributed by atoms with E-state index in [0.29, 0.717) is 13.0 Å². The van der Waals surface area contributed by atoms with Crippen LogP contribution in [0.25, 0.3) is 5.69 Å². The zero-order valence-electron chi connectivity index (χ0n) is 17.8. The molecule has 1 heterocycles. The molecule has 31 heavy (non-hydrogen) atoms. The van der Waals surface area contributed by atoms with Crippen LogP contribution in [-0.2, 0) is 23.0 Å². The standard InChI is InChI=1S/C23H29N5O2S/c1-2-14-27(16-19-8-9-19)17-22-25-23(15-18-6-4-3-5-7-18)28(26-22)20-10-12-21(13-11-20)31(24,29)30/h3-7,10-13,19H,2,8-9,14-17H2,1H3,(H2,24,29,30). The molecular weight excluding hydrogens is 410 g/mol. The van der Waals surface area contributed by atoms with Crippen molar-refractivity contribution in [3.63, 3.8) is 0 Å². The first kappa shape index (κ1) is 21.7. The van der Waals surface area contributed by atoms with E-state index in [0.717, 1.165) is 48.3 Å². The van der Waals surface area contributed by atoms with Crippen molar-refractivity contribution in [2.75, 3.05) is 13.1 Å². The monoisotopic (exact) mass is 439 g/mol. The summed E-state index contributed by atoms with van der Waals surface area (Å²) in [5, 5.41) is 10.0. The average Bonchev–Trinajstić information content (AvgIpc) is 3.47. The number of hydrogen-bond donors (Lipinski definition) is 1. The quantitative estimate of drug-likeness (QED) is 0.524. The van der Waals surface area contributed by atoms with E-state index in [1.54, 1.807) is 12.1 Å². The van der Waals surface area contributed by atoms with Crippen LogP contribution in [0.15, 0.2) is 59.5 Å². The molecule has 0 atom stereocenters. The summed E-state index contributed by atoms with van der Waals surface area (Å²) >= 11 is 0. The van der Waals surface area contributed by atoms with Crippen molar-refractivity contribution in [1.29, 1.82) is 0 Å². The van der Waals surface area contributed by atoms with Gasteiger partial charge in [0.2, 0.25) is 10.0 Å². The number of sulfonamides is 1. The van der Waals surface area contributed by atoms with Crippen LogP contribution in [0.2, 0.25) is 0 Å². The van der Waals surface area contributed by atoms with Gasteiger partial charge < -0.3 is 0 Å². The Hall–Kier alpha value is -2.55. The topological polar surface area (TPSA) is 94.1 Å². The van der Waals surface area contributed by atoms with Crippen LogP contribution in [0.1, 0.15) is 43.4 Å². The van der Waals surface area contributed by atoms with E-state index in [9.17, 15) is 8.42 Å². The fourth-order valence-corrected chi connectivity index (χ4v) is 4.27. The fourth-order valence-electron chi connectivity index (χ4n) is 3.75. The number of nitrogens with two attached hydrogens (primary N) is 1. The van der Waals surface area contributed by atoms with Crippen molar-refractivity contribution >= 4 is 10.0 Å². The van der Waals surface area contributed by atoms with Gasteiger partial charge in [-0.05, 0) is 61.6 Å². The molecule has 0 unspecified atom stereocenters. The van der Waals surface area contributed by atoms with Gasteiger partial charge in [-0.2, -0.15) is 0 Å². The van der Waals surface area contributed by atoms with Gasteiger partial charge in [0.1, 0.15) is 5.82 Å². The molecule has 1 saturated carbocycles. The molecule has 0 spiro atoms. The zero-order valence-corrected chi connectivity index (χ0v) is 18.6. The maximum Gasteiger partial charge on any atom is 0.238 e. The van der Waals surface area contributed by atoms with Crippen molar-refractivity contribution in [2.45, 2.75) is 44.0 Å². The third-order valence-electron chi connectivity index (χ3n) is 5.45. The molecule has 1 aliphatic rings. The highest BCUT2D eigenvalue weighted by Gasteiger charge is 2.25. The third-order valence-corrected chi connectivity index (χ3v) is 6.38. The van der Waals surface area contributed by atoms with Crippen LogP contribution >= 0.6 is 0 Å². The van der Waals surface area contributed by atoms with Crippen LogP contribution < -0.4 is 5.14 Å². The van der Waals surface area contributed by atoms with Crippen LogP contribution in [-0.4, -0.2) is 41.2 Å². The summed E-state index contributed by atoms with van der Waals surface area (Å²) < 4.78 is 25.0. The smallest absolute Gasteiger partial charge is 0.238 e. The highest BCUT2D eigenvalue weighted by atomic mass is 32.2. The second kappa shape index (κ2) is 9.30. The van der Waals surface area contributed by atoms with Crippen LogP contribution in [0.3, 0.4) is 0 Å². The second-order valence-corrected chi connectivity index (χ2v) is 9.80. The molecule has 8 heteroatoms. The Kier molecular flexibility index (Phi) is 6.50. The summed E-state index contributed by atoms with van der Waals surface area (Å²) in [7, 11) is -3.74. The SMILES string of the molecule is CCCN(Cc1nc(Cc2ccccc2)n(-c2ccc(S(N)(=O)=O)cc2)n1)CC1CC1. The first-order valence-electron chi connectivity index (χ1n) is 10.8. The van der Waals surface area contributed by atoms with E-state index in [2.05, 4.69) is 24.0 Å². The van der Waals surface area contributed by atoms with Crippen molar-refractivity contribution in [2.24, 2.45) is 11.1 Å². The van der Waals surface area contributed by atoms with Gasteiger partial charge in [0, 0.05) is 13.0 Å². The first-order valence-corrected chi connectivity index (χ1v) is 12.3. The lowest BCUT2D eigenvalue weighted by Gasteiger charge is -2.19. The van der Waals surface area contributed by atoms with E-state index < -0.39 is 10.0 Å². The normalized spacial score (nSPS) is 14.3. The minimum Gasteiger partial charge on any atom is -0.296 e. The number of rotatable bonds is 10. The van der Waals surface area contributed by atoms with Crippen LogP contribution in [0.5, 0.6) is 0 Å². The van der Waals surface area contributed by atoms with Gasteiger partial charge in [0.15, 0.2) is 5.82 Å². The molecule has 1 fully saturated rings. The summed E-state index contributed by atoms with van der Waals surface area (Å²) in [6.07, 6.45) is 4.37. The Bertz CT molecular complexity index is 1110. The van der Waals surface area contributed by atoms with Crippen LogP contribution in [0.4, 0.5) is 0 Å². The molecule has 0 radical (unpaired) electrons. The Morgan fingerprint density at radius 1 is 1.10 bits per heavy atom. The maximum absolute atomic E-state index is 11.6. The average molecular weight is 440 g/mol. The number of benzene rings is 2. The minimum atomic E-state index is -3.74. The molecule has 4 rings (SSSR count). The molecule has 2 aromatic carbocycles. The van der Waals surface area contributed by atoms with Crippen molar-refractivity contribution in [3.05, 3.63) is 71.8 Å². The van der Waals surface area contributed by atoms with Crippen molar-refractivity contribution in [3.8, 4) is 5.69 Å². The first-order chi connectivity index (χ1) is 14.9. The predicted molar refractivity (Wildman–Crippen MR) is 120 cm³/mol. The molecule has 0 bridgehead atoms. The van der Waals surface area contributed by atoms with Crippen molar-refractivity contribution < 1.29 is 8.42 Å². The van der Waals surface area contributed by atoms with E-state index in [1.807, 2.05) is 22.9 Å². The van der Waals surface area contributed by atoms with Gasteiger partial charge >= 0.3 is 0 Å². The highest BCUT2D eigenvalue weighted by Crippen LogP contribution is 2.30. The summed E-state index contributed by atoms with van der Waals surface area (Å²) in [4.78, 5) is 7.39. The summed E-state index contributed by atoms with van der Waals surface area (Å²) in [5.41, 5.74) is 1.91. The predicted octanol–water partition coefficient (Wildman–Crippen LogP) is 3.13. The van der Waals surface area contributed by atoms with E-state index in [-0.39, 0.29) is 4.90 Å². The van der Waals surface area contributed by atoms with Gasteiger partial charge in [-0.1, -0.05) is 37.3 Å². The molecule has 2 N–H and O–H groups in total. The van der Waals surface area contributed by atoms with Gasteiger partial charge in [-0.15, -0.1) is 5.10 Å². The number of hydrogen-bond acceptors (Lipinski definition) is 5. The molecule has 3 aromatic rings. The number of aromatic nitrogens is 3. The van der Waals surface area contributed by atoms with E-state index in [4.69, 9.17) is 15.2 Å². The molecular formula is C23H29N5O2S. The molecule has 164 valence electrons. The lowest BCUT2D eigenvalue weighted by molar-refractivity contribution is 0.249.